The lowest BCUT2D eigenvalue weighted by Crippen LogP contribution is -2.62. The Bertz CT molecular complexity index is 1070. The highest BCUT2D eigenvalue weighted by Gasteiger charge is 2.38. The molecule has 1 aliphatic heterocycles. The summed E-state index contributed by atoms with van der Waals surface area (Å²) in [6.45, 7) is 8.39. The topological polar surface area (TPSA) is 87.3 Å². The Kier molecular flexibility index (Phi) is 6.12. The summed E-state index contributed by atoms with van der Waals surface area (Å²) in [5.41, 5.74) is 0.374. The van der Waals surface area contributed by atoms with Crippen LogP contribution in [0.5, 0.6) is 0 Å². The van der Waals surface area contributed by atoms with Gasteiger partial charge in [0, 0.05) is 28.4 Å². The minimum atomic E-state index is -4.10. The summed E-state index contributed by atoms with van der Waals surface area (Å²) in [7, 11) is -4.10. The number of piperidine rings is 1. The minimum Gasteiger partial charge on any atom is -0.349 e. The first-order valence-electron chi connectivity index (χ1n) is 9.95. The maximum Gasteiger partial charge on any atom is 0.261 e. The minimum absolute atomic E-state index is 0.00491. The number of anilines is 1. The van der Waals surface area contributed by atoms with Crippen molar-refractivity contribution in [1.82, 2.24) is 10.6 Å². The molecule has 1 heterocycles. The molecule has 0 radical (unpaired) electrons. The van der Waals surface area contributed by atoms with Crippen molar-refractivity contribution < 1.29 is 22.0 Å². The second-order valence-electron chi connectivity index (χ2n) is 9.23. The predicted molar refractivity (Wildman–Crippen MR) is 115 cm³/mol. The molecule has 1 fully saturated rings. The SMILES string of the molecule is CC1(C)CC(NC(=O)c2ccc(NS(=O)(=O)c3ccc(F)c(F)c3)cc2)CC(C)(C)N1. The van der Waals surface area contributed by atoms with E-state index in [1.54, 1.807) is 0 Å². The average molecular weight is 452 g/mol. The highest BCUT2D eigenvalue weighted by Crippen LogP contribution is 2.28. The standard InChI is InChI=1S/C22H27F2N3O3S/c1-21(2)12-16(13-22(3,4)27-21)25-20(28)14-5-7-15(8-6-14)26-31(29,30)17-9-10-18(23)19(24)11-17/h5-11,16,26-27H,12-13H2,1-4H3,(H,25,28). The molecule has 2 aromatic carbocycles. The number of halogens is 2. The summed E-state index contributed by atoms with van der Waals surface area (Å²) in [4.78, 5) is 12.3. The molecule has 3 rings (SSSR count). The Morgan fingerprint density at radius 1 is 0.968 bits per heavy atom. The van der Waals surface area contributed by atoms with Crippen LogP contribution in [0.1, 0.15) is 50.9 Å². The van der Waals surface area contributed by atoms with E-state index in [2.05, 4.69) is 43.1 Å². The summed E-state index contributed by atoms with van der Waals surface area (Å²) in [5.74, 6) is -2.62. The van der Waals surface area contributed by atoms with Crippen molar-refractivity contribution in [2.75, 3.05) is 4.72 Å². The molecular weight excluding hydrogens is 424 g/mol. The van der Waals surface area contributed by atoms with Crippen LogP contribution >= 0.6 is 0 Å². The van der Waals surface area contributed by atoms with Crippen LogP contribution < -0.4 is 15.4 Å². The van der Waals surface area contributed by atoms with E-state index in [1.807, 2.05) is 0 Å². The Hall–Kier alpha value is -2.52. The summed E-state index contributed by atoms with van der Waals surface area (Å²) in [6.07, 6.45) is 1.57. The highest BCUT2D eigenvalue weighted by molar-refractivity contribution is 7.92. The van der Waals surface area contributed by atoms with Crippen LogP contribution in [0.3, 0.4) is 0 Å². The smallest absolute Gasteiger partial charge is 0.261 e. The highest BCUT2D eigenvalue weighted by atomic mass is 32.2. The van der Waals surface area contributed by atoms with Crippen molar-refractivity contribution in [3.63, 3.8) is 0 Å². The first kappa shape index (κ1) is 23.1. The van der Waals surface area contributed by atoms with Gasteiger partial charge in [-0.2, -0.15) is 0 Å². The third-order valence-electron chi connectivity index (χ3n) is 5.13. The first-order valence-corrected chi connectivity index (χ1v) is 11.4. The van der Waals surface area contributed by atoms with Crippen molar-refractivity contribution in [3.8, 4) is 0 Å². The molecule has 3 N–H and O–H groups in total. The van der Waals surface area contributed by atoms with E-state index in [4.69, 9.17) is 0 Å². The van der Waals surface area contributed by atoms with Crippen LogP contribution in [0.4, 0.5) is 14.5 Å². The number of hydrogen-bond donors (Lipinski definition) is 3. The van der Waals surface area contributed by atoms with Gasteiger partial charge in [-0.1, -0.05) is 0 Å². The van der Waals surface area contributed by atoms with E-state index in [0.717, 1.165) is 25.0 Å². The van der Waals surface area contributed by atoms with Crippen LogP contribution in [0, 0.1) is 11.6 Å². The molecule has 0 atom stereocenters. The van der Waals surface area contributed by atoms with Crippen molar-refractivity contribution in [3.05, 3.63) is 59.7 Å². The quantitative estimate of drug-likeness (QED) is 0.645. The molecular formula is C22H27F2N3O3S. The molecule has 0 aliphatic carbocycles. The Labute approximate surface area is 181 Å². The van der Waals surface area contributed by atoms with Gasteiger partial charge in [-0.25, -0.2) is 17.2 Å². The number of carbonyl (C=O) groups is 1. The lowest BCUT2D eigenvalue weighted by molar-refractivity contribution is 0.0873. The molecule has 0 aromatic heterocycles. The number of benzene rings is 2. The molecule has 1 amide bonds. The molecule has 1 aliphatic rings. The first-order chi connectivity index (χ1) is 14.3. The average Bonchev–Trinajstić information content (AvgIpc) is 2.61. The predicted octanol–water partition coefficient (Wildman–Crippen LogP) is 3.80. The lowest BCUT2D eigenvalue weighted by Gasteiger charge is -2.46. The molecule has 168 valence electrons. The van der Waals surface area contributed by atoms with E-state index < -0.39 is 26.6 Å². The van der Waals surface area contributed by atoms with Crippen LogP contribution in [0.15, 0.2) is 47.4 Å². The van der Waals surface area contributed by atoms with Gasteiger partial charge in [-0.15, -0.1) is 0 Å². The number of sulfonamides is 1. The van der Waals surface area contributed by atoms with Crippen LogP contribution in [0.25, 0.3) is 0 Å². The summed E-state index contributed by atoms with van der Waals surface area (Å²) in [6, 6.07) is 8.26. The molecule has 0 bridgehead atoms. The maximum atomic E-state index is 13.4. The third kappa shape index (κ3) is 5.80. The molecule has 6 nitrogen and oxygen atoms in total. The second-order valence-corrected chi connectivity index (χ2v) is 10.9. The summed E-state index contributed by atoms with van der Waals surface area (Å²) >= 11 is 0. The fraction of sp³-hybridized carbons (Fsp3) is 0.409. The zero-order valence-electron chi connectivity index (χ0n) is 17.9. The van der Waals surface area contributed by atoms with Gasteiger partial charge in [0.15, 0.2) is 11.6 Å². The number of carbonyl (C=O) groups excluding carboxylic acids is 1. The van der Waals surface area contributed by atoms with Crippen molar-refractivity contribution in [1.29, 1.82) is 0 Å². The van der Waals surface area contributed by atoms with Crippen molar-refractivity contribution in [2.45, 2.75) is 62.6 Å². The molecule has 0 unspecified atom stereocenters. The van der Waals surface area contributed by atoms with Gasteiger partial charge < -0.3 is 10.6 Å². The second kappa shape index (κ2) is 8.20. The van der Waals surface area contributed by atoms with E-state index in [0.29, 0.717) is 11.6 Å². The van der Waals surface area contributed by atoms with Gasteiger partial charge in [-0.3, -0.25) is 9.52 Å². The molecule has 0 spiro atoms. The Morgan fingerprint density at radius 2 is 1.55 bits per heavy atom. The summed E-state index contributed by atoms with van der Waals surface area (Å²) in [5, 5.41) is 6.62. The zero-order valence-corrected chi connectivity index (χ0v) is 18.7. The number of nitrogens with one attached hydrogen (secondary N) is 3. The monoisotopic (exact) mass is 451 g/mol. The van der Waals surface area contributed by atoms with Crippen LogP contribution in [0.2, 0.25) is 0 Å². The fourth-order valence-electron chi connectivity index (χ4n) is 4.24. The fourth-order valence-corrected chi connectivity index (χ4v) is 5.31. The number of amides is 1. The van der Waals surface area contributed by atoms with Gasteiger partial charge in [0.25, 0.3) is 15.9 Å². The van der Waals surface area contributed by atoms with Crippen LogP contribution in [-0.2, 0) is 10.0 Å². The zero-order chi connectivity index (χ0) is 23.0. The molecule has 2 aromatic rings. The number of rotatable bonds is 5. The summed E-state index contributed by atoms with van der Waals surface area (Å²) < 4.78 is 53.5. The van der Waals surface area contributed by atoms with Gasteiger partial charge in [0.1, 0.15) is 0 Å². The normalized spacial score (nSPS) is 18.4. The molecule has 0 saturated carbocycles. The molecule has 1 saturated heterocycles. The van der Waals surface area contributed by atoms with Crippen molar-refractivity contribution >= 4 is 21.6 Å². The van der Waals surface area contributed by atoms with E-state index >= 15 is 0 Å². The molecule has 31 heavy (non-hydrogen) atoms. The third-order valence-corrected chi connectivity index (χ3v) is 6.51. The van der Waals surface area contributed by atoms with Gasteiger partial charge in [0.2, 0.25) is 0 Å². The lowest BCUT2D eigenvalue weighted by atomic mass is 9.79. The van der Waals surface area contributed by atoms with Gasteiger partial charge in [-0.05, 0) is 83.0 Å². The maximum absolute atomic E-state index is 13.4. The Morgan fingerprint density at radius 3 is 2.10 bits per heavy atom. The molecule has 9 heteroatoms. The van der Waals surface area contributed by atoms with Gasteiger partial charge in [0.05, 0.1) is 4.90 Å². The van der Waals surface area contributed by atoms with Gasteiger partial charge >= 0.3 is 0 Å². The van der Waals surface area contributed by atoms with E-state index in [1.165, 1.54) is 24.3 Å². The van der Waals surface area contributed by atoms with Crippen molar-refractivity contribution in [2.24, 2.45) is 0 Å². The number of hydrogen-bond acceptors (Lipinski definition) is 4. The largest absolute Gasteiger partial charge is 0.349 e. The van der Waals surface area contributed by atoms with E-state index in [-0.39, 0.29) is 28.7 Å². The Balaban J connectivity index is 1.68. The van der Waals surface area contributed by atoms with E-state index in [9.17, 15) is 22.0 Å². The van der Waals surface area contributed by atoms with Crippen LogP contribution in [-0.4, -0.2) is 31.4 Å².